The summed E-state index contributed by atoms with van der Waals surface area (Å²) in [5.41, 5.74) is 8.57. The van der Waals surface area contributed by atoms with E-state index >= 15 is 0 Å². The highest BCUT2D eigenvalue weighted by molar-refractivity contribution is 5.92. The minimum Gasteiger partial charge on any atom is -0.399 e. The summed E-state index contributed by atoms with van der Waals surface area (Å²) in [6.45, 7) is 3.71. The summed E-state index contributed by atoms with van der Waals surface area (Å²) < 4.78 is 39.3. The molecule has 2 aromatic carbocycles. The molecule has 4 N–H and O–H groups in total. The Morgan fingerprint density at radius 3 is 2.70 bits per heavy atom. The highest BCUT2D eigenvalue weighted by Crippen LogP contribution is 2.32. The molecule has 2 heterocycles. The molecule has 8 heteroatoms. The van der Waals surface area contributed by atoms with Gasteiger partial charge in [-0.05, 0) is 66.9 Å². The first-order chi connectivity index (χ1) is 14.3. The lowest BCUT2D eigenvalue weighted by Gasteiger charge is -2.16. The fourth-order valence-corrected chi connectivity index (χ4v) is 3.63. The number of nitrogens with two attached hydrogens (primary N) is 1. The van der Waals surface area contributed by atoms with E-state index in [-0.39, 0.29) is 12.2 Å². The third-order valence-corrected chi connectivity index (χ3v) is 5.04. The second-order valence-electron chi connectivity index (χ2n) is 7.35. The maximum absolute atomic E-state index is 13.1. The molecular formula is C22H22F3N5. The molecule has 30 heavy (non-hydrogen) atoms. The van der Waals surface area contributed by atoms with E-state index in [2.05, 4.69) is 26.7 Å². The van der Waals surface area contributed by atoms with Gasteiger partial charge in [0.1, 0.15) is 11.6 Å². The Balaban J connectivity index is 1.67. The van der Waals surface area contributed by atoms with Crippen LogP contribution in [0.4, 0.5) is 24.7 Å². The number of anilines is 2. The van der Waals surface area contributed by atoms with E-state index in [1.165, 1.54) is 11.6 Å². The van der Waals surface area contributed by atoms with Crippen LogP contribution in [0.5, 0.6) is 0 Å². The SMILES string of the molecule is Cc1nc(NCc2cc(N)cc(C(F)(F)F)c2)c2cc(C3=CCNCC3)ccc2n1. The molecule has 0 aliphatic carbocycles. The highest BCUT2D eigenvalue weighted by Gasteiger charge is 2.31. The molecular weight excluding hydrogens is 391 g/mol. The van der Waals surface area contributed by atoms with Crippen LogP contribution < -0.4 is 16.4 Å². The van der Waals surface area contributed by atoms with Crippen LogP contribution in [0.1, 0.15) is 28.9 Å². The molecule has 0 amide bonds. The number of nitrogens with one attached hydrogen (secondary N) is 2. The summed E-state index contributed by atoms with van der Waals surface area (Å²) in [5.74, 6) is 1.17. The number of benzene rings is 2. The van der Waals surface area contributed by atoms with Crippen molar-refractivity contribution in [2.45, 2.75) is 26.1 Å². The molecule has 4 rings (SSSR count). The van der Waals surface area contributed by atoms with Gasteiger partial charge in [0.05, 0.1) is 11.1 Å². The normalized spacial score (nSPS) is 14.6. The molecule has 0 bridgehead atoms. The van der Waals surface area contributed by atoms with Crippen molar-refractivity contribution in [2.24, 2.45) is 0 Å². The summed E-state index contributed by atoms with van der Waals surface area (Å²) >= 11 is 0. The van der Waals surface area contributed by atoms with Gasteiger partial charge in [-0.1, -0.05) is 12.1 Å². The van der Waals surface area contributed by atoms with Gasteiger partial charge in [0, 0.05) is 24.2 Å². The van der Waals surface area contributed by atoms with Crippen LogP contribution in [0, 0.1) is 6.92 Å². The first-order valence-corrected chi connectivity index (χ1v) is 9.68. The van der Waals surface area contributed by atoms with E-state index in [1.54, 1.807) is 6.92 Å². The molecule has 1 aliphatic rings. The summed E-state index contributed by atoms with van der Waals surface area (Å²) in [6, 6.07) is 9.61. The third kappa shape index (κ3) is 4.38. The van der Waals surface area contributed by atoms with E-state index in [9.17, 15) is 13.2 Å². The lowest BCUT2D eigenvalue weighted by molar-refractivity contribution is -0.137. The Morgan fingerprint density at radius 1 is 1.13 bits per heavy atom. The Kier molecular flexibility index (Phi) is 5.34. The lowest BCUT2D eigenvalue weighted by atomic mass is 9.98. The topological polar surface area (TPSA) is 75.9 Å². The molecule has 0 spiro atoms. The number of fused-ring (bicyclic) bond motifs is 1. The van der Waals surface area contributed by atoms with Crippen molar-refractivity contribution in [3.05, 3.63) is 65.0 Å². The molecule has 0 saturated carbocycles. The summed E-state index contributed by atoms with van der Waals surface area (Å²) in [4.78, 5) is 8.98. The van der Waals surface area contributed by atoms with Crippen LogP contribution >= 0.6 is 0 Å². The van der Waals surface area contributed by atoms with E-state index in [0.29, 0.717) is 17.2 Å². The molecule has 3 aromatic rings. The molecule has 5 nitrogen and oxygen atoms in total. The Morgan fingerprint density at radius 2 is 1.97 bits per heavy atom. The van der Waals surface area contributed by atoms with Gasteiger partial charge in [-0.2, -0.15) is 13.2 Å². The number of nitrogen functional groups attached to an aromatic ring is 1. The van der Waals surface area contributed by atoms with Crippen LogP contribution in [-0.4, -0.2) is 23.1 Å². The molecule has 0 fully saturated rings. The highest BCUT2D eigenvalue weighted by atomic mass is 19.4. The van der Waals surface area contributed by atoms with Crippen molar-refractivity contribution in [2.75, 3.05) is 24.1 Å². The number of alkyl halides is 3. The van der Waals surface area contributed by atoms with Crippen LogP contribution in [0.3, 0.4) is 0 Å². The second kappa shape index (κ2) is 7.95. The van der Waals surface area contributed by atoms with Gasteiger partial charge in [0.2, 0.25) is 0 Å². The third-order valence-electron chi connectivity index (χ3n) is 5.04. The van der Waals surface area contributed by atoms with Crippen molar-refractivity contribution < 1.29 is 13.2 Å². The average molecular weight is 413 g/mol. The number of rotatable bonds is 4. The molecule has 1 aromatic heterocycles. The van der Waals surface area contributed by atoms with Crippen LogP contribution in [0.15, 0.2) is 42.5 Å². The molecule has 1 aliphatic heterocycles. The molecule has 0 saturated heterocycles. The summed E-state index contributed by atoms with van der Waals surface area (Å²) in [5, 5.41) is 7.30. The van der Waals surface area contributed by atoms with E-state index in [4.69, 9.17) is 5.73 Å². The van der Waals surface area contributed by atoms with E-state index in [1.807, 2.05) is 18.2 Å². The van der Waals surface area contributed by atoms with Gasteiger partial charge in [-0.25, -0.2) is 9.97 Å². The van der Waals surface area contributed by atoms with Crippen molar-refractivity contribution in [3.63, 3.8) is 0 Å². The molecule has 156 valence electrons. The van der Waals surface area contributed by atoms with Gasteiger partial charge in [0.15, 0.2) is 0 Å². The Labute approximate surface area is 172 Å². The Hall–Kier alpha value is -3.13. The second-order valence-corrected chi connectivity index (χ2v) is 7.35. The number of nitrogens with zero attached hydrogens (tertiary/aromatic N) is 2. The largest absolute Gasteiger partial charge is 0.416 e. The van der Waals surface area contributed by atoms with Crippen molar-refractivity contribution in [1.82, 2.24) is 15.3 Å². The quantitative estimate of drug-likeness (QED) is 0.548. The summed E-state index contributed by atoms with van der Waals surface area (Å²) in [6.07, 6.45) is -1.34. The molecule has 0 radical (unpaired) electrons. The molecule has 0 atom stereocenters. The summed E-state index contributed by atoms with van der Waals surface area (Å²) in [7, 11) is 0. The Bertz CT molecular complexity index is 1120. The zero-order chi connectivity index (χ0) is 21.3. The predicted molar refractivity (Wildman–Crippen MR) is 113 cm³/mol. The van der Waals surface area contributed by atoms with Crippen molar-refractivity contribution >= 4 is 28.0 Å². The predicted octanol–water partition coefficient (Wildman–Crippen LogP) is 4.53. The number of hydrogen-bond donors (Lipinski definition) is 3. The van der Waals surface area contributed by atoms with Crippen molar-refractivity contribution in [3.8, 4) is 0 Å². The fourth-order valence-electron chi connectivity index (χ4n) is 3.63. The minimum absolute atomic E-state index is 0.0745. The first-order valence-electron chi connectivity index (χ1n) is 9.68. The smallest absolute Gasteiger partial charge is 0.399 e. The fraction of sp³-hybridized carbons (Fsp3) is 0.273. The standard InChI is InChI=1S/C22H22F3N5/c1-13-29-20-3-2-16(15-4-6-27-7-5-15)10-19(20)21(30-13)28-12-14-8-17(22(23,24)25)11-18(26)9-14/h2-4,8-11,27H,5-7,12,26H2,1H3,(H,28,29,30). The van der Waals surface area contributed by atoms with Crippen molar-refractivity contribution in [1.29, 1.82) is 0 Å². The zero-order valence-electron chi connectivity index (χ0n) is 16.5. The van der Waals surface area contributed by atoms with Crippen LogP contribution in [-0.2, 0) is 12.7 Å². The van der Waals surface area contributed by atoms with Gasteiger partial charge >= 0.3 is 6.18 Å². The number of aryl methyl sites for hydroxylation is 1. The van der Waals surface area contributed by atoms with Gasteiger partial charge in [-0.15, -0.1) is 0 Å². The number of aromatic nitrogens is 2. The van der Waals surface area contributed by atoms with E-state index in [0.717, 1.165) is 48.1 Å². The molecule has 0 unspecified atom stereocenters. The maximum atomic E-state index is 13.1. The first kappa shape index (κ1) is 20.2. The zero-order valence-corrected chi connectivity index (χ0v) is 16.5. The minimum atomic E-state index is -4.44. The van der Waals surface area contributed by atoms with Crippen LogP contribution in [0.25, 0.3) is 16.5 Å². The van der Waals surface area contributed by atoms with Gasteiger partial charge in [-0.3, -0.25) is 0 Å². The lowest BCUT2D eigenvalue weighted by Crippen LogP contribution is -2.20. The monoisotopic (exact) mass is 413 g/mol. The maximum Gasteiger partial charge on any atom is 0.416 e. The number of halogens is 3. The number of hydrogen-bond acceptors (Lipinski definition) is 5. The van der Waals surface area contributed by atoms with E-state index < -0.39 is 11.7 Å². The van der Waals surface area contributed by atoms with Gasteiger partial charge < -0.3 is 16.4 Å². The van der Waals surface area contributed by atoms with Crippen LogP contribution in [0.2, 0.25) is 0 Å². The van der Waals surface area contributed by atoms with Gasteiger partial charge in [0.25, 0.3) is 0 Å². The average Bonchev–Trinajstić information content (AvgIpc) is 2.71.